The predicted octanol–water partition coefficient (Wildman–Crippen LogP) is 4.37. The molecule has 2 nitrogen and oxygen atoms in total. The molecule has 0 unspecified atom stereocenters. The van der Waals surface area contributed by atoms with Crippen molar-refractivity contribution in [2.45, 2.75) is 33.2 Å². The van der Waals surface area contributed by atoms with Gasteiger partial charge in [-0.1, -0.05) is 32.0 Å². The molecule has 0 radical (unpaired) electrons. The van der Waals surface area contributed by atoms with E-state index in [1.807, 2.05) is 30.3 Å². The van der Waals surface area contributed by atoms with Gasteiger partial charge >= 0.3 is 0 Å². The molecule has 0 aliphatic heterocycles. The van der Waals surface area contributed by atoms with Crippen LogP contribution in [0, 0.1) is 6.92 Å². The molecule has 0 aliphatic rings. The van der Waals surface area contributed by atoms with E-state index in [0.717, 1.165) is 17.1 Å². The fourth-order valence-electron chi connectivity index (χ4n) is 2.02. The van der Waals surface area contributed by atoms with E-state index in [1.165, 1.54) is 11.1 Å². The van der Waals surface area contributed by atoms with Crippen LogP contribution < -0.4 is 10.5 Å². The molecule has 100 valence electrons. The minimum absolute atomic E-state index is 0.542. The van der Waals surface area contributed by atoms with Gasteiger partial charge in [0.25, 0.3) is 0 Å². The first kappa shape index (κ1) is 13.6. The van der Waals surface area contributed by atoms with E-state index < -0.39 is 0 Å². The summed E-state index contributed by atoms with van der Waals surface area (Å²) < 4.78 is 5.85. The minimum atomic E-state index is 0.542. The highest BCUT2D eigenvalue weighted by atomic mass is 16.5. The van der Waals surface area contributed by atoms with Gasteiger partial charge in [-0.2, -0.15) is 0 Å². The van der Waals surface area contributed by atoms with E-state index in [4.69, 9.17) is 10.5 Å². The SMILES string of the molecule is Cc1cc(Oc2ccc(C(C)C)cc2)ccc1CN. The first-order valence-corrected chi connectivity index (χ1v) is 6.67. The Morgan fingerprint density at radius 3 is 2.16 bits per heavy atom. The largest absolute Gasteiger partial charge is 0.457 e. The summed E-state index contributed by atoms with van der Waals surface area (Å²) in [4.78, 5) is 0. The third-order valence-electron chi connectivity index (χ3n) is 3.32. The van der Waals surface area contributed by atoms with Crippen LogP contribution in [-0.4, -0.2) is 0 Å². The van der Waals surface area contributed by atoms with Crippen LogP contribution in [0.4, 0.5) is 0 Å². The number of aryl methyl sites for hydroxylation is 1. The fraction of sp³-hybridized carbons (Fsp3) is 0.294. The van der Waals surface area contributed by atoms with Crippen LogP contribution in [0.15, 0.2) is 42.5 Å². The smallest absolute Gasteiger partial charge is 0.127 e. The number of hydrogen-bond donors (Lipinski definition) is 1. The standard InChI is InChI=1S/C17H21NO/c1-12(2)14-4-7-16(8-5-14)19-17-9-6-15(11-18)13(3)10-17/h4-10,12H,11,18H2,1-3H3. The minimum Gasteiger partial charge on any atom is -0.457 e. The van der Waals surface area contributed by atoms with Gasteiger partial charge in [0.15, 0.2) is 0 Å². The van der Waals surface area contributed by atoms with E-state index in [2.05, 4.69) is 32.9 Å². The summed E-state index contributed by atoms with van der Waals surface area (Å²) in [6.45, 7) is 6.99. The van der Waals surface area contributed by atoms with Gasteiger partial charge in [-0.15, -0.1) is 0 Å². The first-order valence-electron chi connectivity index (χ1n) is 6.67. The van der Waals surface area contributed by atoms with Crippen molar-refractivity contribution >= 4 is 0 Å². The molecule has 2 heteroatoms. The maximum absolute atomic E-state index is 5.85. The lowest BCUT2D eigenvalue weighted by Crippen LogP contribution is -1.98. The van der Waals surface area contributed by atoms with Crippen LogP contribution in [0.1, 0.15) is 36.5 Å². The highest BCUT2D eigenvalue weighted by Crippen LogP contribution is 2.25. The van der Waals surface area contributed by atoms with Crippen molar-refractivity contribution in [1.29, 1.82) is 0 Å². The summed E-state index contributed by atoms with van der Waals surface area (Å²) in [5, 5.41) is 0. The second-order valence-electron chi connectivity index (χ2n) is 5.12. The van der Waals surface area contributed by atoms with Gasteiger partial charge in [0.2, 0.25) is 0 Å². The van der Waals surface area contributed by atoms with Crippen LogP contribution in [0.5, 0.6) is 11.5 Å². The van der Waals surface area contributed by atoms with E-state index in [9.17, 15) is 0 Å². The number of ether oxygens (including phenoxy) is 1. The van der Waals surface area contributed by atoms with Crippen LogP contribution in [0.2, 0.25) is 0 Å². The molecule has 0 saturated carbocycles. The Morgan fingerprint density at radius 2 is 1.63 bits per heavy atom. The highest BCUT2D eigenvalue weighted by molar-refractivity contribution is 5.38. The van der Waals surface area contributed by atoms with Crippen molar-refractivity contribution in [3.05, 3.63) is 59.2 Å². The van der Waals surface area contributed by atoms with E-state index >= 15 is 0 Å². The maximum Gasteiger partial charge on any atom is 0.127 e. The summed E-state index contributed by atoms with van der Waals surface area (Å²) in [6, 6.07) is 14.3. The maximum atomic E-state index is 5.85. The molecule has 2 N–H and O–H groups in total. The molecule has 0 atom stereocenters. The van der Waals surface area contributed by atoms with Gasteiger partial charge in [-0.3, -0.25) is 0 Å². The summed E-state index contributed by atoms with van der Waals surface area (Å²) in [5.41, 5.74) is 9.30. The molecule has 0 bridgehead atoms. The Balaban J connectivity index is 2.14. The summed E-state index contributed by atoms with van der Waals surface area (Å²) >= 11 is 0. The van der Waals surface area contributed by atoms with Crippen LogP contribution in [0.3, 0.4) is 0 Å². The molecule has 2 aromatic rings. The summed E-state index contributed by atoms with van der Waals surface area (Å²) in [6.07, 6.45) is 0. The number of benzene rings is 2. The molecule has 19 heavy (non-hydrogen) atoms. The van der Waals surface area contributed by atoms with Crippen molar-refractivity contribution < 1.29 is 4.74 Å². The van der Waals surface area contributed by atoms with Crippen LogP contribution in [-0.2, 0) is 6.54 Å². The average molecular weight is 255 g/mol. The lowest BCUT2D eigenvalue weighted by Gasteiger charge is -2.10. The molecule has 0 amide bonds. The van der Waals surface area contributed by atoms with E-state index in [-0.39, 0.29) is 0 Å². The van der Waals surface area contributed by atoms with Crippen molar-refractivity contribution in [1.82, 2.24) is 0 Å². The Hall–Kier alpha value is -1.80. The third kappa shape index (κ3) is 3.36. The molecule has 0 aromatic heterocycles. The Kier molecular flexibility index (Phi) is 4.23. The second kappa shape index (κ2) is 5.89. The normalized spacial score (nSPS) is 10.8. The number of nitrogens with two attached hydrogens (primary N) is 1. The Labute approximate surface area is 115 Å². The zero-order valence-electron chi connectivity index (χ0n) is 11.8. The van der Waals surface area contributed by atoms with Crippen LogP contribution in [0.25, 0.3) is 0 Å². The third-order valence-corrected chi connectivity index (χ3v) is 3.32. The Morgan fingerprint density at radius 1 is 1.00 bits per heavy atom. The van der Waals surface area contributed by atoms with Gasteiger partial charge in [-0.05, 0) is 53.8 Å². The van der Waals surface area contributed by atoms with Gasteiger partial charge in [-0.25, -0.2) is 0 Å². The fourth-order valence-corrected chi connectivity index (χ4v) is 2.02. The van der Waals surface area contributed by atoms with Gasteiger partial charge < -0.3 is 10.5 Å². The molecule has 0 fully saturated rings. The zero-order chi connectivity index (χ0) is 13.8. The van der Waals surface area contributed by atoms with E-state index in [0.29, 0.717) is 12.5 Å². The second-order valence-corrected chi connectivity index (χ2v) is 5.12. The van der Waals surface area contributed by atoms with Crippen LogP contribution >= 0.6 is 0 Å². The Bertz CT molecular complexity index is 544. The molecule has 0 aliphatic carbocycles. The van der Waals surface area contributed by atoms with Crippen molar-refractivity contribution in [2.24, 2.45) is 5.73 Å². The van der Waals surface area contributed by atoms with Gasteiger partial charge in [0.1, 0.15) is 11.5 Å². The van der Waals surface area contributed by atoms with Crippen molar-refractivity contribution in [3.8, 4) is 11.5 Å². The summed E-state index contributed by atoms with van der Waals surface area (Å²) in [5.74, 6) is 2.26. The molecule has 0 heterocycles. The average Bonchev–Trinajstić information content (AvgIpc) is 2.39. The lowest BCUT2D eigenvalue weighted by molar-refractivity contribution is 0.481. The molecule has 0 saturated heterocycles. The van der Waals surface area contributed by atoms with E-state index in [1.54, 1.807) is 0 Å². The zero-order valence-corrected chi connectivity index (χ0v) is 11.8. The monoisotopic (exact) mass is 255 g/mol. The molecular formula is C17H21NO. The van der Waals surface area contributed by atoms with Gasteiger partial charge in [0, 0.05) is 6.54 Å². The topological polar surface area (TPSA) is 35.2 Å². The molecular weight excluding hydrogens is 234 g/mol. The lowest BCUT2D eigenvalue weighted by atomic mass is 10.0. The first-order chi connectivity index (χ1) is 9.10. The van der Waals surface area contributed by atoms with Crippen molar-refractivity contribution in [2.75, 3.05) is 0 Å². The molecule has 2 aromatic carbocycles. The predicted molar refractivity (Wildman–Crippen MR) is 79.7 cm³/mol. The molecule has 0 spiro atoms. The van der Waals surface area contributed by atoms with Crippen molar-refractivity contribution in [3.63, 3.8) is 0 Å². The van der Waals surface area contributed by atoms with Gasteiger partial charge in [0.05, 0.1) is 0 Å². The highest BCUT2D eigenvalue weighted by Gasteiger charge is 2.02. The summed E-state index contributed by atoms with van der Waals surface area (Å²) in [7, 11) is 0. The molecule has 2 rings (SSSR count). The number of rotatable bonds is 4. The quantitative estimate of drug-likeness (QED) is 0.880. The number of hydrogen-bond acceptors (Lipinski definition) is 2.